The van der Waals surface area contributed by atoms with Gasteiger partial charge in [-0.1, -0.05) is 44.2 Å². The molecule has 114 valence electrons. The van der Waals surface area contributed by atoms with E-state index < -0.39 is 0 Å². The van der Waals surface area contributed by atoms with Crippen molar-refractivity contribution in [3.05, 3.63) is 32.2 Å². The number of fused-ring (bicyclic) bond motifs is 1. The highest BCUT2D eigenvalue weighted by Crippen LogP contribution is 2.18. The van der Waals surface area contributed by atoms with E-state index in [2.05, 4.69) is 27.8 Å². The summed E-state index contributed by atoms with van der Waals surface area (Å²) < 4.78 is 6.24. The second-order valence-corrected chi connectivity index (χ2v) is 6.37. The highest BCUT2D eigenvalue weighted by atomic mass is 79.9. The standard InChI is InChI=1S/C16H19BrClNO2/c1-2-3-4-5-6-7-14(20)21-13-10-19-12-9-8-11(17)16(18)15(12)13/h8-9H,2-7,10H2,1H3. The minimum Gasteiger partial charge on any atom is -0.428 e. The third kappa shape index (κ3) is 4.30. The van der Waals surface area contributed by atoms with Gasteiger partial charge in [-0.3, -0.25) is 9.79 Å². The van der Waals surface area contributed by atoms with Crippen molar-refractivity contribution in [1.29, 1.82) is 0 Å². The molecule has 0 N–H and O–H groups in total. The number of rotatable bonds is 7. The molecule has 1 aliphatic rings. The molecule has 2 rings (SSSR count). The quantitative estimate of drug-likeness (QED) is 0.540. The molecular weight excluding hydrogens is 354 g/mol. The van der Waals surface area contributed by atoms with Crippen LogP contribution in [0.4, 0.5) is 0 Å². The first-order chi connectivity index (χ1) is 10.1. The van der Waals surface area contributed by atoms with Crippen molar-refractivity contribution in [3.8, 4) is 0 Å². The van der Waals surface area contributed by atoms with Gasteiger partial charge < -0.3 is 4.74 Å². The van der Waals surface area contributed by atoms with Gasteiger partial charge in [-0.2, -0.15) is 0 Å². The van der Waals surface area contributed by atoms with Gasteiger partial charge in [0.05, 0.1) is 22.1 Å². The lowest BCUT2D eigenvalue weighted by atomic mass is 10.1. The molecule has 0 spiro atoms. The summed E-state index contributed by atoms with van der Waals surface area (Å²) in [5.74, 6) is 0.371. The molecule has 0 bridgehead atoms. The number of benzene rings is 1. The Kier molecular flexibility index (Phi) is 6.24. The topological polar surface area (TPSA) is 38.7 Å². The summed E-state index contributed by atoms with van der Waals surface area (Å²) in [5, 5.41) is 2.08. The van der Waals surface area contributed by atoms with Gasteiger partial charge in [-0.25, -0.2) is 0 Å². The van der Waals surface area contributed by atoms with E-state index in [0.717, 1.165) is 27.9 Å². The molecule has 0 saturated carbocycles. The van der Waals surface area contributed by atoms with Crippen molar-refractivity contribution < 1.29 is 9.53 Å². The van der Waals surface area contributed by atoms with Crippen LogP contribution < -0.4 is 10.6 Å². The van der Waals surface area contributed by atoms with Crippen LogP contribution in [0.2, 0.25) is 5.02 Å². The Morgan fingerprint density at radius 2 is 2.10 bits per heavy atom. The van der Waals surface area contributed by atoms with Gasteiger partial charge in [-0.15, -0.1) is 0 Å². The maximum Gasteiger partial charge on any atom is 0.310 e. The average Bonchev–Trinajstić information content (AvgIpc) is 2.86. The molecule has 0 radical (unpaired) electrons. The van der Waals surface area contributed by atoms with Gasteiger partial charge in [0.15, 0.2) is 0 Å². The summed E-state index contributed by atoms with van der Waals surface area (Å²) in [5.41, 5.74) is 0. The minimum atomic E-state index is -0.194. The van der Waals surface area contributed by atoms with Gasteiger partial charge in [-0.05, 0) is 34.5 Å². The van der Waals surface area contributed by atoms with E-state index >= 15 is 0 Å². The Morgan fingerprint density at radius 1 is 1.33 bits per heavy atom. The van der Waals surface area contributed by atoms with E-state index in [-0.39, 0.29) is 5.97 Å². The van der Waals surface area contributed by atoms with Crippen LogP contribution in [0.3, 0.4) is 0 Å². The van der Waals surface area contributed by atoms with Crippen LogP contribution in [0, 0.1) is 0 Å². The van der Waals surface area contributed by atoms with E-state index in [0.29, 0.717) is 23.7 Å². The zero-order valence-electron chi connectivity index (χ0n) is 12.1. The second-order valence-electron chi connectivity index (χ2n) is 5.13. The van der Waals surface area contributed by atoms with Crippen LogP contribution in [0.25, 0.3) is 5.76 Å². The number of halogens is 2. The molecule has 0 atom stereocenters. The van der Waals surface area contributed by atoms with E-state index in [1.165, 1.54) is 19.3 Å². The maximum absolute atomic E-state index is 11.9. The molecule has 1 aromatic carbocycles. The first-order valence-corrected chi connectivity index (χ1v) is 8.53. The fourth-order valence-electron chi connectivity index (χ4n) is 2.32. The molecule has 0 amide bonds. The predicted octanol–water partition coefficient (Wildman–Crippen LogP) is 3.75. The number of hydrogen-bond acceptors (Lipinski definition) is 3. The number of nitrogens with zero attached hydrogens (tertiary/aromatic N) is 1. The lowest BCUT2D eigenvalue weighted by Gasteiger charge is -2.05. The summed E-state index contributed by atoms with van der Waals surface area (Å²) in [6.07, 6.45) is 6.01. The smallest absolute Gasteiger partial charge is 0.310 e. The fraction of sp³-hybridized carbons (Fsp3) is 0.500. The molecule has 1 heterocycles. The second kappa shape index (κ2) is 7.95. The van der Waals surface area contributed by atoms with E-state index in [1.54, 1.807) is 0 Å². The number of carbonyl (C=O) groups is 1. The maximum atomic E-state index is 11.9. The molecule has 0 unspecified atom stereocenters. The van der Waals surface area contributed by atoms with Crippen LogP contribution in [-0.2, 0) is 9.53 Å². The molecule has 3 nitrogen and oxygen atoms in total. The predicted molar refractivity (Wildman–Crippen MR) is 87.7 cm³/mol. The number of ether oxygens (including phenoxy) is 1. The molecule has 5 heteroatoms. The van der Waals surface area contributed by atoms with Crippen LogP contribution in [-0.4, -0.2) is 12.5 Å². The SMILES string of the molecule is CCCCCCCC(=O)OC1=c2c(Cl)c(Br)ccc2=NC1. The van der Waals surface area contributed by atoms with Gasteiger partial charge in [0.25, 0.3) is 0 Å². The molecular formula is C16H19BrClNO2. The van der Waals surface area contributed by atoms with Crippen LogP contribution in [0.1, 0.15) is 45.4 Å². The Labute approximate surface area is 138 Å². The van der Waals surface area contributed by atoms with E-state index in [9.17, 15) is 4.79 Å². The zero-order valence-corrected chi connectivity index (χ0v) is 14.5. The number of esters is 1. The highest BCUT2D eigenvalue weighted by Gasteiger charge is 2.16. The van der Waals surface area contributed by atoms with Crippen molar-refractivity contribution in [1.82, 2.24) is 0 Å². The molecule has 0 aliphatic carbocycles. The Morgan fingerprint density at radius 3 is 2.86 bits per heavy atom. The first-order valence-electron chi connectivity index (χ1n) is 7.36. The summed E-state index contributed by atoms with van der Waals surface area (Å²) >= 11 is 9.64. The fourth-order valence-corrected chi connectivity index (χ4v) is 2.91. The molecule has 1 aromatic rings. The largest absolute Gasteiger partial charge is 0.428 e. The first kappa shape index (κ1) is 16.5. The van der Waals surface area contributed by atoms with Crippen LogP contribution in [0.15, 0.2) is 21.6 Å². The van der Waals surface area contributed by atoms with Crippen LogP contribution >= 0.6 is 27.5 Å². The Hall–Kier alpha value is -0.870. The molecule has 1 aliphatic heterocycles. The van der Waals surface area contributed by atoms with Gasteiger partial charge in [0.1, 0.15) is 5.76 Å². The summed E-state index contributed by atoms with van der Waals surface area (Å²) in [6, 6.07) is 3.72. The van der Waals surface area contributed by atoms with Crippen molar-refractivity contribution in [3.63, 3.8) is 0 Å². The molecule has 21 heavy (non-hydrogen) atoms. The molecule has 0 fully saturated rings. The molecule has 0 aromatic heterocycles. The van der Waals surface area contributed by atoms with Gasteiger partial charge in [0.2, 0.25) is 0 Å². The summed E-state index contributed by atoms with van der Waals surface area (Å²) in [6.45, 7) is 2.56. The van der Waals surface area contributed by atoms with Crippen molar-refractivity contribution in [2.45, 2.75) is 45.4 Å². The Balaban J connectivity index is 1.98. The highest BCUT2D eigenvalue weighted by molar-refractivity contribution is 9.10. The molecule has 0 saturated heterocycles. The summed E-state index contributed by atoms with van der Waals surface area (Å²) in [4.78, 5) is 16.2. The lowest BCUT2D eigenvalue weighted by molar-refractivity contribution is -0.137. The zero-order chi connectivity index (χ0) is 15.2. The minimum absolute atomic E-state index is 0.194. The normalized spacial score (nSPS) is 13.0. The third-order valence-electron chi connectivity index (χ3n) is 3.47. The monoisotopic (exact) mass is 371 g/mol. The van der Waals surface area contributed by atoms with Crippen molar-refractivity contribution in [2.75, 3.05) is 6.54 Å². The van der Waals surface area contributed by atoms with E-state index in [1.807, 2.05) is 12.1 Å². The van der Waals surface area contributed by atoms with Gasteiger partial charge in [0, 0.05) is 10.9 Å². The average molecular weight is 373 g/mol. The van der Waals surface area contributed by atoms with Gasteiger partial charge >= 0.3 is 5.97 Å². The number of hydrogen-bond donors (Lipinski definition) is 0. The van der Waals surface area contributed by atoms with Crippen LogP contribution in [0.5, 0.6) is 0 Å². The third-order valence-corrected chi connectivity index (χ3v) is 4.75. The van der Waals surface area contributed by atoms with E-state index in [4.69, 9.17) is 16.3 Å². The Bertz CT molecular complexity index is 642. The number of unbranched alkanes of at least 4 members (excludes halogenated alkanes) is 4. The summed E-state index contributed by atoms with van der Waals surface area (Å²) in [7, 11) is 0. The number of carbonyl (C=O) groups excluding carboxylic acids is 1. The van der Waals surface area contributed by atoms with Crippen molar-refractivity contribution >= 4 is 39.3 Å². The van der Waals surface area contributed by atoms with Crippen molar-refractivity contribution in [2.24, 2.45) is 4.99 Å². The lowest BCUT2D eigenvalue weighted by Crippen LogP contribution is -2.26.